The molecule has 0 saturated heterocycles. The van der Waals surface area contributed by atoms with E-state index in [1.807, 2.05) is 0 Å². The Kier molecular flexibility index (Phi) is 11.9. The van der Waals surface area contributed by atoms with Crippen molar-refractivity contribution in [2.24, 2.45) is 0 Å². The van der Waals surface area contributed by atoms with Crippen molar-refractivity contribution in [3.8, 4) is 0 Å². The molecular weight excluding hydrogens is 238 g/mol. The van der Waals surface area contributed by atoms with Crippen LogP contribution in [0.4, 0.5) is 0 Å². The average Bonchev–Trinajstić information content (AvgIpc) is 2.18. The molecule has 0 radical (unpaired) electrons. The number of hydrogen-bond acceptors (Lipinski definition) is 1. The van der Waals surface area contributed by atoms with Crippen LogP contribution in [0.1, 0.15) is 52.4 Å². The lowest BCUT2D eigenvalue weighted by Gasteiger charge is -2.20. The fourth-order valence-corrected chi connectivity index (χ4v) is 2.15. The highest BCUT2D eigenvalue weighted by Crippen LogP contribution is 2.04. The van der Waals surface area contributed by atoms with E-state index in [4.69, 9.17) is 0 Å². The van der Waals surface area contributed by atoms with Crippen molar-refractivity contribution in [3.05, 3.63) is 0 Å². The van der Waals surface area contributed by atoms with Gasteiger partial charge in [0.1, 0.15) is 0 Å². The topological polar surface area (TPSA) is 3.24 Å². The van der Waals surface area contributed by atoms with Crippen LogP contribution in [0.15, 0.2) is 0 Å². The molecule has 0 saturated carbocycles. The highest BCUT2D eigenvalue weighted by Gasteiger charge is 2.01. The van der Waals surface area contributed by atoms with E-state index in [1.54, 1.807) is 0 Å². The van der Waals surface area contributed by atoms with Crippen LogP contribution in [0.25, 0.3) is 0 Å². The Morgan fingerprint density at radius 3 is 1.86 bits per heavy atom. The molecule has 0 aliphatic rings. The molecule has 0 spiro atoms. The molecule has 2 heteroatoms. The Morgan fingerprint density at radius 1 is 0.786 bits per heavy atom. The predicted octanol–water partition coefficient (Wildman–Crippen LogP) is 4.06. The molecule has 0 aliphatic heterocycles. The maximum Gasteiger partial charge on any atom is 0.00313 e. The van der Waals surface area contributed by atoms with Gasteiger partial charge >= 0.3 is 0 Å². The highest BCUT2D eigenvalue weighted by molar-refractivity contribution is 9.09. The van der Waals surface area contributed by atoms with Gasteiger partial charge in [-0.1, -0.05) is 42.6 Å². The second kappa shape index (κ2) is 11.5. The lowest BCUT2D eigenvalue weighted by molar-refractivity contribution is 0.268. The van der Waals surface area contributed by atoms with Gasteiger partial charge in [0, 0.05) is 5.33 Å². The molecule has 86 valence electrons. The number of nitrogens with zero attached hydrogens (tertiary/aromatic N) is 1. The van der Waals surface area contributed by atoms with Gasteiger partial charge in [-0.2, -0.15) is 0 Å². The van der Waals surface area contributed by atoms with Crippen molar-refractivity contribution in [1.29, 1.82) is 0 Å². The summed E-state index contributed by atoms with van der Waals surface area (Å²) in [6, 6.07) is 0. The summed E-state index contributed by atoms with van der Waals surface area (Å²) in [6.45, 7) is 8.42. The summed E-state index contributed by atoms with van der Waals surface area (Å²) in [5.74, 6) is 0. The van der Waals surface area contributed by atoms with E-state index in [0.717, 1.165) is 0 Å². The van der Waals surface area contributed by atoms with Crippen molar-refractivity contribution >= 4 is 15.9 Å². The summed E-state index contributed by atoms with van der Waals surface area (Å²) in [5.41, 5.74) is 0. The quantitative estimate of drug-likeness (QED) is 0.425. The van der Waals surface area contributed by atoms with E-state index < -0.39 is 0 Å². The van der Waals surface area contributed by atoms with Crippen LogP contribution >= 0.6 is 15.9 Å². The molecule has 0 unspecified atom stereocenters. The first-order valence-corrected chi connectivity index (χ1v) is 7.25. The van der Waals surface area contributed by atoms with Gasteiger partial charge in [0.25, 0.3) is 0 Å². The molecule has 0 amide bonds. The molecule has 0 heterocycles. The molecule has 0 aromatic carbocycles. The van der Waals surface area contributed by atoms with Crippen LogP contribution in [0, 0.1) is 0 Å². The molecule has 14 heavy (non-hydrogen) atoms. The van der Waals surface area contributed by atoms with Gasteiger partial charge in [0.2, 0.25) is 0 Å². The number of alkyl halides is 1. The molecule has 0 atom stereocenters. The smallest absolute Gasteiger partial charge is 0.00313 e. The maximum atomic E-state index is 3.47. The van der Waals surface area contributed by atoms with Crippen molar-refractivity contribution < 1.29 is 0 Å². The summed E-state index contributed by atoms with van der Waals surface area (Å²) < 4.78 is 0. The number of halogens is 1. The Hall–Kier alpha value is 0.440. The second-order valence-electron chi connectivity index (χ2n) is 3.94. The van der Waals surface area contributed by atoms with Gasteiger partial charge in [-0.15, -0.1) is 0 Å². The minimum Gasteiger partial charge on any atom is -0.303 e. The molecule has 0 aliphatic carbocycles. The van der Waals surface area contributed by atoms with E-state index in [9.17, 15) is 0 Å². The third-order valence-electron chi connectivity index (χ3n) is 2.44. The minimum atomic E-state index is 1.17. The Bertz CT molecular complexity index is 100. The summed E-state index contributed by atoms with van der Waals surface area (Å²) >= 11 is 3.47. The average molecular weight is 264 g/mol. The van der Waals surface area contributed by atoms with Crippen LogP contribution in [-0.2, 0) is 0 Å². The van der Waals surface area contributed by atoms with Crippen LogP contribution in [0.3, 0.4) is 0 Å². The fraction of sp³-hybridized carbons (Fsp3) is 1.00. The summed E-state index contributed by atoms with van der Waals surface area (Å²) in [6.07, 6.45) is 8.09. The standard InChI is InChI=1S/C12H26BrN/c1-3-10-14(11-4-2)12-8-6-5-7-9-13/h3-12H2,1-2H3. The Labute approximate surface area is 98.4 Å². The van der Waals surface area contributed by atoms with Crippen molar-refractivity contribution in [3.63, 3.8) is 0 Å². The van der Waals surface area contributed by atoms with E-state index in [2.05, 4.69) is 34.7 Å². The van der Waals surface area contributed by atoms with E-state index in [-0.39, 0.29) is 0 Å². The molecule has 0 aromatic heterocycles. The first-order valence-electron chi connectivity index (χ1n) is 6.13. The zero-order valence-electron chi connectivity index (χ0n) is 9.90. The SMILES string of the molecule is CCCN(CCC)CCCCCCBr. The summed E-state index contributed by atoms with van der Waals surface area (Å²) in [5, 5.41) is 1.17. The largest absolute Gasteiger partial charge is 0.303 e. The van der Waals surface area contributed by atoms with Gasteiger partial charge in [0.05, 0.1) is 0 Å². The van der Waals surface area contributed by atoms with Gasteiger partial charge in [-0.25, -0.2) is 0 Å². The third-order valence-corrected chi connectivity index (χ3v) is 3.00. The van der Waals surface area contributed by atoms with Crippen molar-refractivity contribution in [2.45, 2.75) is 52.4 Å². The van der Waals surface area contributed by atoms with Crippen LogP contribution < -0.4 is 0 Å². The lowest BCUT2D eigenvalue weighted by Crippen LogP contribution is -2.26. The maximum absolute atomic E-state index is 3.47. The van der Waals surface area contributed by atoms with Gasteiger partial charge in [-0.3, -0.25) is 0 Å². The van der Waals surface area contributed by atoms with E-state index >= 15 is 0 Å². The van der Waals surface area contributed by atoms with Gasteiger partial charge < -0.3 is 4.90 Å². The highest BCUT2D eigenvalue weighted by atomic mass is 79.9. The zero-order valence-corrected chi connectivity index (χ0v) is 11.5. The minimum absolute atomic E-state index is 1.17. The van der Waals surface area contributed by atoms with E-state index in [1.165, 1.54) is 63.5 Å². The monoisotopic (exact) mass is 263 g/mol. The number of rotatable bonds is 10. The van der Waals surface area contributed by atoms with Gasteiger partial charge in [-0.05, 0) is 45.3 Å². The molecule has 0 N–H and O–H groups in total. The van der Waals surface area contributed by atoms with Crippen LogP contribution in [0.2, 0.25) is 0 Å². The molecular formula is C12H26BrN. The molecule has 1 nitrogen and oxygen atoms in total. The molecule has 0 fully saturated rings. The lowest BCUT2D eigenvalue weighted by atomic mass is 10.2. The zero-order chi connectivity index (χ0) is 10.6. The predicted molar refractivity (Wildman–Crippen MR) is 69.3 cm³/mol. The van der Waals surface area contributed by atoms with Crippen LogP contribution in [0.5, 0.6) is 0 Å². The number of unbranched alkanes of at least 4 members (excludes halogenated alkanes) is 3. The molecule has 0 bridgehead atoms. The first-order chi connectivity index (χ1) is 6.85. The summed E-state index contributed by atoms with van der Waals surface area (Å²) in [7, 11) is 0. The van der Waals surface area contributed by atoms with Crippen molar-refractivity contribution in [1.82, 2.24) is 4.90 Å². The first kappa shape index (κ1) is 14.4. The number of hydrogen-bond donors (Lipinski definition) is 0. The fourth-order valence-electron chi connectivity index (χ4n) is 1.75. The molecule has 0 rings (SSSR count). The Balaban J connectivity index is 3.30. The third kappa shape index (κ3) is 9.01. The molecule has 0 aromatic rings. The van der Waals surface area contributed by atoms with Gasteiger partial charge in [0.15, 0.2) is 0 Å². The van der Waals surface area contributed by atoms with Crippen LogP contribution in [-0.4, -0.2) is 29.9 Å². The van der Waals surface area contributed by atoms with Crippen molar-refractivity contribution in [2.75, 3.05) is 25.0 Å². The normalized spacial score (nSPS) is 11.1. The Morgan fingerprint density at radius 2 is 1.36 bits per heavy atom. The second-order valence-corrected chi connectivity index (χ2v) is 4.74. The van der Waals surface area contributed by atoms with E-state index in [0.29, 0.717) is 0 Å². The summed E-state index contributed by atoms with van der Waals surface area (Å²) in [4.78, 5) is 2.61.